The smallest absolute Gasteiger partial charge is 0.337 e. The SMILES string of the molecule is COC(=O)c1ccc2c(c1)S(=O)(=O)N(C1CCCCC1C)C2=O. The van der Waals surface area contributed by atoms with E-state index in [0.29, 0.717) is 6.42 Å². The summed E-state index contributed by atoms with van der Waals surface area (Å²) in [6, 6.07) is 3.75. The molecule has 6 nitrogen and oxygen atoms in total. The van der Waals surface area contributed by atoms with E-state index in [1.165, 1.54) is 25.3 Å². The van der Waals surface area contributed by atoms with E-state index >= 15 is 0 Å². The summed E-state index contributed by atoms with van der Waals surface area (Å²) in [5.41, 5.74) is 0.261. The number of carbonyl (C=O) groups excluding carboxylic acids is 2. The average Bonchev–Trinajstić information content (AvgIpc) is 2.74. The number of carbonyl (C=O) groups is 2. The van der Waals surface area contributed by atoms with Gasteiger partial charge in [0.1, 0.15) is 4.90 Å². The number of benzene rings is 1. The zero-order valence-corrected chi connectivity index (χ0v) is 13.9. The fourth-order valence-corrected chi connectivity index (χ4v) is 5.37. The van der Waals surface area contributed by atoms with Gasteiger partial charge in [-0.3, -0.25) is 4.79 Å². The molecule has 1 amide bonds. The van der Waals surface area contributed by atoms with E-state index < -0.39 is 21.9 Å². The third-order valence-corrected chi connectivity index (χ3v) is 6.59. The number of fused-ring (bicyclic) bond motifs is 1. The van der Waals surface area contributed by atoms with E-state index in [1.807, 2.05) is 6.92 Å². The highest BCUT2D eigenvalue weighted by atomic mass is 32.2. The monoisotopic (exact) mass is 337 g/mol. The Balaban J connectivity index is 2.06. The van der Waals surface area contributed by atoms with Crippen molar-refractivity contribution in [2.24, 2.45) is 5.92 Å². The van der Waals surface area contributed by atoms with Crippen LogP contribution in [0.2, 0.25) is 0 Å². The molecule has 0 spiro atoms. The Morgan fingerprint density at radius 2 is 1.96 bits per heavy atom. The van der Waals surface area contributed by atoms with Crippen molar-refractivity contribution in [3.05, 3.63) is 29.3 Å². The first kappa shape index (κ1) is 16.0. The second-order valence-electron chi connectivity index (χ2n) is 6.14. The maximum atomic E-state index is 12.9. The van der Waals surface area contributed by atoms with E-state index in [9.17, 15) is 18.0 Å². The lowest BCUT2D eigenvalue weighted by Crippen LogP contribution is -2.44. The van der Waals surface area contributed by atoms with Gasteiger partial charge in [-0.25, -0.2) is 17.5 Å². The van der Waals surface area contributed by atoms with E-state index in [-0.39, 0.29) is 28.0 Å². The number of rotatable bonds is 2. The highest BCUT2D eigenvalue weighted by Crippen LogP contribution is 2.38. The van der Waals surface area contributed by atoms with Crippen LogP contribution in [0.4, 0.5) is 0 Å². The Kier molecular flexibility index (Phi) is 3.91. The standard InChI is InChI=1S/C16H19NO5S/c1-10-5-3-4-6-13(10)17-15(18)12-8-7-11(16(19)22-2)9-14(12)23(17,20)21/h7-10,13H,3-6H2,1-2H3. The van der Waals surface area contributed by atoms with Gasteiger partial charge in [0.2, 0.25) is 0 Å². The van der Waals surface area contributed by atoms with Gasteiger partial charge in [0.05, 0.1) is 24.3 Å². The van der Waals surface area contributed by atoms with Crippen LogP contribution in [0.15, 0.2) is 23.1 Å². The molecule has 0 saturated heterocycles. The van der Waals surface area contributed by atoms with Crippen molar-refractivity contribution < 1.29 is 22.7 Å². The molecule has 124 valence electrons. The van der Waals surface area contributed by atoms with Crippen LogP contribution < -0.4 is 0 Å². The number of ether oxygens (including phenoxy) is 1. The largest absolute Gasteiger partial charge is 0.465 e. The first-order valence-corrected chi connectivity index (χ1v) is 9.13. The Bertz CT molecular complexity index is 771. The molecule has 23 heavy (non-hydrogen) atoms. The van der Waals surface area contributed by atoms with Crippen molar-refractivity contribution in [1.29, 1.82) is 0 Å². The highest BCUT2D eigenvalue weighted by molar-refractivity contribution is 7.90. The molecule has 0 aromatic heterocycles. The molecule has 2 aliphatic rings. The highest BCUT2D eigenvalue weighted by Gasteiger charge is 2.47. The number of amides is 1. The van der Waals surface area contributed by atoms with E-state index in [2.05, 4.69) is 4.74 Å². The molecule has 1 aliphatic carbocycles. The molecule has 7 heteroatoms. The normalized spacial score (nSPS) is 26.0. The van der Waals surface area contributed by atoms with Crippen molar-refractivity contribution in [3.8, 4) is 0 Å². The summed E-state index contributed by atoms with van der Waals surface area (Å²) < 4.78 is 31.4. The molecule has 0 N–H and O–H groups in total. The molecular weight excluding hydrogens is 318 g/mol. The molecular formula is C16H19NO5S. The van der Waals surface area contributed by atoms with Gasteiger partial charge in [0, 0.05) is 0 Å². The molecule has 1 saturated carbocycles. The van der Waals surface area contributed by atoms with Gasteiger partial charge in [-0.2, -0.15) is 0 Å². The maximum absolute atomic E-state index is 12.9. The number of hydrogen-bond donors (Lipinski definition) is 0. The second kappa shape index (κ2) is 5.63. The second-order valence-corrected chi connectivity index (χ2v) is 7.92. The number of nitrogens with zero attached hydrogens (tertiary/aromatic N) is 1. The van der Waals surface area contributed by atoms with Crippen LogP contribution in [-0.2, 0) is 14.8 Å². The van der Waals surface area contributed by atoms with Crippen LogP contribution in [-0.4, -0.2) is 37.8 Å². The summed E-state index contributed by atoms with van der Waals surface area (Å²) in [6.45, 7) is 1.98. The van der Waals surface area contributed by atoms with Crippen LogP contribution in [0.1, 0.15) is 53.3 Å². The summed E-state index contributed by atoms with van der Waals surface area (Å²) >= 11 is 0. The molecule has 1 fully saturated rings. The van der Waals surface area contributed by atoms with Crippen molar-refractivity contribution in [2.75, 3.05) is 7.11 Å². The molecule has 2 atom stereocenters. The number of hydrogen-bond acceptors (Lipinski definition) is 5. The summed E-state index contributed by atoms with van der Waals surface area (Å²) in [5, 5.41) is 0. The molecule has 1 heterocycles. The van der Waals surface area contributed by atoms with Crippen molar-refractivity contribution in [1.82, 2.24) is 4.31 Å². The lowest BCUT2D eigenvalue weighted by molar-refractivity contribution is 0.0599. The van der Waals surface area contributed by atoms with Gasteiger partial charge >= 0.3 is 5.97 Å². The molecule has 1 aromatic carbocycles. The Morgan fingerprint density at radius 1 is 1.26 bits per heavy atom. The van der Waals surface area contributed by atoms with Gasteiger partial charge in [0.25, 0.3) is 15.9 Å². The minimum atomic E-state index is -3.92. The molecule has 0 radical (unpaired) electrons. The molecule has 0 bridgehead atoms. The number of sulfonamides is 1. The molecule has 1 aliphatic heterocycles. The van der Waals surface area contributed by atoms with Crippen LogP contribution in [0.3, 0.4) is 0 Å². The zero-order valence-electron chi connectivity index (χ0n) is 13.1. The summed E-state index contributed by atoms with van der Waals surface area (Å²) in [5.74, 6) is -0.980. The van der Waals surface area contributed by atoms with Crippen LogP contribution in [0.5, 0.6) is 0 Å². The quantitative estimate of drug-likeness (QED) is 0.773. The minimum absolute atomic E-state index is 0.0943. The fourth-order valence-electron chi connectivity index (χ4n) is 3.47. The Hall–Kier alpha value is -1.89. The van der Waals surface area contributed by atoms with Crippen LogP contribution in [0, 0.1) is 5.92 Å². The first-order valence-electron chi connectivity index (χ1n) is 7.69. The molecule has 2 unspecified atom stereocenters. The van der Waals surface area contributed by atoms with E-state index in [4.69, 9.17) is 0 Å². The Labute approximate surface area is 135 Å². The lowest BCUT2D eigenvalue weighted by atomic mass is 9.86. The Morgan fingerprint density at radius 3 is 2.61 bits per heavy atom. The number of esters is 1. The summed E-state index contributed by atoms with van der Waals surface area (Å²) in [7, 11) is -2.69. The zero-order chi connectivity index (χ0) is 16.8. The van der Waals surface area contributed by atoms with Crippen LogP contribution >= 0.6 is 0 Å². The van der Waals surface area contributed by atoms with Crippen molar-refractivity contribution >= 4 is 21.9 Å². The van der Waals surface area contributed by atoms with Crippen molar-refractivity contribution in [3.63, 3.8) is 0 Å². The predicted molar refractivity (Wildman–Crippen MR) is 82.6 cm³/mol. The van der Waals surface area contributed by atoms with E-state index in [1.54, 1.807) is 0 Å². The topological polar surface area (TPSA) is 80.8 Å². The van der Waals surface area contributed by atoms with Gasteiger partial charge < -0.3 is 4.74 Å². The third kappa shape index (κ3) is 2.43. The summed E-state index contributed by atoms with van der Waals surface area (Å²) in [4.78, 5) is 24.2. The maximum Gasteiger partial charge on any atom is 0.337 e. The van der Waals surface area contributed by atoms with E-state index in [0.717, 1.165) is 23.6 Å². The fraction of sp³-hybridized carbons (Fsp3) is 0.500. The summed E-state index contributed by atoms with van der Waals surface area (Å²) in [6.07, 6.45) is 3.56. The van der Waals surface area contributed by atoms with Gasteiger partial charge in [-0.1, -0.05) is 19.8 Å². The lowest BCUT2D eigenvalue weighted by Gasteiger charge is -2.34. The first-order chi connectivity index (χ1) is 10.9. The average molecular weight is 337 g/mol. The molecule has 1 aromatic rings. The third-order valence-electron chi connectivity index (χ3n) is 4.74. The predicted octanol–water partition coefficient (Wildman–Crippen LogP) is 2.20. The van der Waals surface area contributed by atoms with Gasteiger partial charge in [-0.15, -0.1) is 0 Å². The van der Waals surface area contributed by atoms with Crippen molar-refractivity contribution in [2.45, 2.75) is 43.5 Å². The minimum Gasteiger partial charge on any atom is -0.465 e. The molecule has 3 rings (SSSR count). The van der Waals surface area contributed by atoms with Gasteiger partial charge in [0.15, 0.2) is 0 Å². The van der Waals surface area contributed by atoms with Crippen LogP contribution in [0.25, 0.3) is 0 Å². The van der Waals surface area contributed by atoms with Gasteiger partial charge in [-0.05, 0) is 37.0 Å². The number of methoxy groups -OCH3 is 1.